The molecule has 0 fully saturated rings. The zero-order valence-electron chi connectivity index (χ0n) is 6.85. The molecule has 0 radical (unpaired) electrons. The van der Waals surface area contributed by atoms with E-state index in [0.717, 1.165) is 5.69 Å². The van der Waals surface area contributed by atoms with Gasteiger partial charge < -0.3 is 10.2 Å². The summed E-state index contributed by atoms with van der Waals surface area (Å²) in [4.78, 5) is 3.98. The molecule has 0 amide bonds. The van der Waals surface area contributed by atoms with Gasteiger partial charge in [-0.1, -0.05) is 12.6 Å². The molecule has 12 heavy (non-hydrogen) atoms. The number of rotatable bonds is 2. The van der Waals surface area contributed by atoms with E-state index < -0.39 is 0 Å². The molecule has 1 aromatic heterocycles. The molecule has 1 rings (SSSR count). The molecule has 66 valence electrons. The summed E-state index contributed by atoms with van der Waals surface area (Å²) in [5, 5.41) is 15.2. The topological polar surface area (TPSA) is 53.4 Å². The third kappa shape index (κ3) is 5.58. The SMILES string of the molecule is C=Cc1ccccn1.OCCO. The van der Waals surface area contributed by atoms with Crippen LogP contribution in [0.3, 0.4) is 0 Å². The number of nitrogens with zero attached hydrogens (tertiary/aromatic N) is 1. The molecule has 0 saturated heterocycles. The van der Waals surface area contributed by atoms with E-state index in [1.807, 2.05) is 18.2 Å². The number of aromatic nitrogens is 1. The first-order valence-corrected chi connectivity index (χ1v) is 3.60. The molecule has 0 bridgehead atoms. The molecule has 1 aromatic rings. The van der Waals surface area contributed by atoms with Crippen LogP contribution in [0.25, 0.3) is 6.08 Å². The lowest BCUT2D eigenvalue weighted by Crippen LogP contribution is -1.85. The predicted molar refractivity (Wildman–Crippen MR) is 48.5 cm³/mol. The average Bonchev–Trinajstić information content (AvgIpc) is 2.19. The molecule has 0 saturated carbocycles. The van der Waals surface area contributed by atoms with E-state index in [-0.39, 0.29) is 13.2 Å². The summed E-state index contributed by atoms with van der Waals surface area (Å²) in [6.45, 7) is 3.32. The second-order valence-electron chi connectivity index (χ2n) is 1.91. The van der Waals surface area contributed by atoms with Crippen LogP contribution in [0.1, 0.15) is 5.69 Å². The molecule has 0 atom stereocenters. The molecule has 0 aromatic carbocycles. The summed E-state index contributed by atoms with van der Waals surface area (Å²) in [5.41, 5.74) is 0.924. The van der Waals surface area contributed by atoms with Crippen molar-refractivity contribution in [3.8, 4) is 0 Å². The lowest BCUT2D eigenvalue weighted by molar-refractivity contribution is 0.186. The lowest BCUT2D eigenvalue weighted by Gasteiger charge is -1.84. The zero-order chi connectivity index (χ0) is 9.23. The third-order valence-electron chi connectivity index (χ3n) is 0.997. The monoisotopic (exact) mass is 167 g/mol. The number of hydrogen-bond acceptors (Lipinski definition) is 3. The van der Waals surface area contributed by atoms with Crippen LogP contribution in [0.15, 0.2) is 31.0 Å². The Labute approximate surface area is 72.0 Å². The van der Waals surface area contributed by atoms with Gasteiger partial charge in [0.25, 0.3) is 0 Å². The Morgan fingerprint density at radius 2 is 2.00 bits per heavy atom. The Kier molecular flexibility index (Phi) is 7.13. The van der Waals surface area contributed by atoms with Gasteiger partial charge in [0.1, 0.15) is 0 Å². The van der Waals surface area contributed by atoms with Gasteiger partial charge >= 0.3 is 0 Å². The maximum Gasteiger partial charge on any atom is 0.0662 e. The van der Waals surface area contributed by atoms with Crippen molar-refractivity contribution in [3.05, 3.63) is 36.7 Å². The van der Waals surface area contributed by atoms with Crippen molar-refractivity contribution >= 4 is 6.08 Å². The van der Waals surface area contributed by atoms with E-state index in [2.05, 4.69) is 11.6 Å². The zero-order valence-corrected chi connectivity index (χ0v) is 6.85. The van der Waals surface area contributed by atoms with Gasteiger partial charge in [-0.05, 0) is 18.2 Å². The molecular formula is C9H13NO2. The summed E-state index contributed by atoms with van der Waals surface area (Å²) >= 11 is 0. The Hall–Kier alpha value is -1.19. The maximum atomic E-state index is 7.62. The van der Waals surface area contributed by atoms with Gasteiger partial charge in [-0.25, -0.2) is 0 Å². The van der Waals surface area contributed by atoms with E-state index in [1.54, 1.807) is 12.3 Å². The molecule has 0 aliphatic heterocycles. The largest absolute Gasteiger partial charge is 0.394 e. The Morgan fingerprint density at radius 1 is 1.33 bits per heavy atom. The summed E-state index contributed by atoms with van der Waals surface area (Å²) < 4.78 is 0. The Bertz CT molecular complexity index is 197. The number of aliphatic hydroxyl groups is 2. The first kappa shape index (κ1) is 10.8. The van der Waals surface area contributed by atoms with Gasteiger partial charge in [0, 0.05) is 6.20 Å². The van der Waals surface area contributed by atoms with Gasteiger partial charge in [0.2, 0.25) is 0 Å². The highest BCUT2D eigenvalue weighted by Gasteiger charge is 1.77. The van der Waals surface area contributed by atoms with Crippen LogP contribution < -0.4 is 0 Å². The molecule has 0 aliphatic rings. The highest BCUT2D eigenvalue weighted by atomic mass is 16.3. The summed E-state index contributed by atoms with van der Waals surface area (Å²) in [6.07, 6.45) is 3.47. The molecule has 3 nitrogen and oxygen atoms in total. The highest BCUT2D eigenvalue weighted by Crippen LogP contribution is 1.91. The van der Waals surface area contributed by atoms with E-state index in [4.69, 9.17) is 10.2 Å². The Morgan fingerprint density at radius 3 is 2.25 bits per heavy atom. The molecule has 0 spiro atoms. The van der Waals surface area contributed by atoms with Crippen molar-refractivity contribution in [3.63, 3.8) is 0 Å². The Balaban J connectivity index is 0.000000261. The van der Waals surface area contributed by atoms with Gasteiger partial charge in [-0.2, -0.15) is 0 Å². The molecule has 0 unspecified atom stereocenters. The second-order valence-corrected chi connectivity index (χ2v) is 1.91. The summed E-state index contributed by atoms with van der Waals surface area (Å²) in [5.74, 6) is 0. The van der Waals surface area contributed by atoms with E-state index in [1.165, 1.54) is 0 Å². The van der Waals surface area contributed by atoms with Crippen LogP contribution in [-0.4, -0.2) is 28.4 Å². The van der Waals surface area contributed by atoms with Crippen LogP contribution >= 0.6 is 0 Å². The highest BCUT2D eigenvalue weighted by molar-refractivity contribution is 5.40. The summed E-state index contributed by atoms with van der Waals surface area (Å²) in [7, 11) is 0. The van der Waals surface area contributed by atoms with E-state index >= 15 is 0 Å². The van der Waals surface area contributed by atoms with Gasteiger partial charge in [-0.15, -0.1) is 0 Å². The summed E-state index contributed by atoms with van der Waals surface area (Å²) in [6, 6.07) is 5.73. The average molecular weight is 167 g/mol. The minimum atomic E-state index is -0.125. The first-order chi connectivity index (χ1) is 5.85. The molecular weight excluding hydrogens is 154 g/mol. The normalized spacial score (nSPS) is 8.17. The predicted octanol–water partition coefficient (Wildman–Crippen LogP) is 0.696. The van der Waals surface area contributed by atoms with Crippen molar-refractivity contribution in [1.29, 1.82) is 0 Å². The molecule has 0 aliphatic carbocycles. The fourth-order valence-electron chi connectivity index (χ4n) is 0.497. The lowest BCUT2D eigenvalue weighted by atomic mass is 10.4. The second kappa shape index (κ2) is 7.91. The fraction of sp³-hybridized carbons (Fsp3) is 0.222. The van der Waals surface area contributed by atoms with Gasteiger partial charge in [-0.3, -0.25) is 4.98 Å². The van der Waals surface area contributed by atoms with Gasteiger partial charge in [0.15, 0.2) is 0 Å². The fourth-order valence-corrected chi connectivity index (χ4v) is 0.497. The van der Waals surface area contributed by atoms with Crippen molar-refractivity contribution in [2.45, 2.75) is 0 Å². The molecule has 1 heterocycles. The van der Waals surface area contributed by atoms with E-state index in [0.29, 0.717) is 0 Å². The van der Waals surface area contributed by atoms with Crippen LogP contribution in [0.4, 0.5) is 0 Å². The third-order valence-corrected chi connectivity index (χ3v) is 0.997. The minimum Gasteiger partial charge on any atom is -0.394 e. The first-order valence-electron chi connectivity index (χ1n) is 3.60. The van der Waals surface area contributed by atoms with Crippen LogP contribution in [0.2, 0.25) is 0 Å². The van der Waals surface area contributed by atoms with Crippen LogP contribution in [0, 0.1) is 0 Å². The van der Waals surface area contributed by atoms with E-state index in [9.17, 15) is 0 Å². The quantitative estimate of drug-likeness (QED) is 0.681. The van der Waals surface area contributed by atoms with Crippen molar-refractivity contribution in [1.82, 2.24) is 4.98 Å². The van der Waals surface area contributed by atoms with Gasteiger partial charge in [0.05, 0.1) is 18.9 Å². The molecule has 2 N–H and O–H groups in total. The molecule has 3 heteroatoms. The van der Waals surface area contributed by atoms with Crippen LogP contribution in [0.5, 0.6) is 0 Å². The number of hydrogen-bond donors (Lipinski definition) is 2. The van der Waals surface area contributed by atoms with Crippen LogP contribution in [-0.2, 0) is 0 Å². The van der Waals surface area contributed by atoms with Crippen molar-refractivity contribution < 1.29 is 10.2 Å². The maximum absolute atomic E-state index is 7.62. The minimum absolute atomic E-state index is 0.125. The van der Waals surface area contributed by atoms with Crippen molar-refractivity contribution in [2.24, 2.45) is 0 Å². The standard InChI is InChI=1S/C7H7N.C2H6O2/c1-2-7-5-3-4-6-8-7;3-1-2-4/h2-6H,1H2;3-4H,1-2H2. The smallest absolute Gasteiger partial charge is 0.0662 e. The number of aliphatic hydroxyl groups excluding tert-OH is 2. The number of pyridine rings is 1. The van der Waals surface area contributed by atoms with Crippen molar-refractivity contribution in [2.75, 3.05) is 13.2 Å².